The normalized spacial score (nSPS) is 15.9. The second-order valence-electron chi connectivity index (χ2n) is 4.84. The maximum atomic E-state index is 4.68. The lowest BCUT2D eigenvalue weighted by molar-refractivity contribution is 0.585. The average molecular weight is 285 g/mol. The molecule has 0 saturated carbocycles. The van der Waals surface area contributed by atoms with Crippen LogP contribution in [0.2, 0.25) is 0 Å². The van der Waals surface area contributed by atoms with E-state index in [9.17, 15) is 0 Å². The van der Waals surface area contributed by atoms with Gasteiger partial charge in [0.2, 0.25) is 0 Å². The zero-order chi connectivity index (χ0) is 13.4. The smallest absolute Gasteiger partial charge is 0.180 e. The zero-order valence-electron chi connectivity index (χ0n) is 11.0. The predicted octanol–water partition coefficient (Wildman–Crippen LogP) is 1.87. The fourth-order valence-corrected chi connectivity index (χ4v) is 3.28. The van der Waals surface area contributed by atoms with Crippen molar-refractivity contribution < 1.29 is 0 Å². The van der Waals surface area contributed by atoms with Gasteiger partial charge in [0, 0.05) is 49.5 Å². The van der Waals surface area contributed by atoms with Gasteiger partial charge in [-0.3, -0.25) is 4.40 Å². The topological polar surface area (TPSA) is 45.5 Å². The Morgan fingerprint density at radius 1 is 1.20 bits per heavy atom. The van der Waals surface area contributed by atoms with Crippen molar-refractivity contribution in [1.82, 2.24) is 19.7 Å². The first-order valence-electron chi connectivity index (χ1n) is 6.74. The van der Waals surface area contributed by atoms with Crippen molar-refractivity contribution in [2.45, 2.75) is 0 Å². The van der Waals surface area contributed by atoms with Crippen LogP contribution in [0.3, 0.4) is 0 Å². The number of hydrogen-bond acceptors (Lipinski definition) is 5. The second-order valence-corrected chi connectivity index (χ2v) is 5.62. The SMILES string of the molecule is c1cn2c(-c3ccsc3)cnc(N3CCNCC3)c2n1. The Balaban J connectivity index is 1.85. The molecule has 1 aliphatic heterocycles. The van der Waals surface area contributed by atoms with Crippen LogP contribution in [0.5, 0.6) is 0 Å². The lowest BCUT2D eigenvalue weighted by atomic mass is 10.2. The van der Waals surface area contributed by atoms with E-state index >= 15 is 0 Å². The van der Waals surface area contributed by atoms with Gasteiger partial charge in [-0.1, -0.05) is 0 Å². The van der Waals surface area contributed by atoms with Gasteiger partial charge in [0.1, 0.15) is 0 Å². The number of fused-ring (bicyclic) bond motifs is 1. The molecule has 0 atom stereocenters. The molecule has 0 amide bonds. The second kappa shape index (κ2) is 4.88. The van der Waals surface area contributed by atoms with E-state index in [1.165, 1.54) is 5.56 Å². The first kappa shape index (κ1) is 11.9. The molecule has 0 radical (unpaired) electrons. The summed E-state index contributed by atoms with van der Waals surface area (Å²) in [5, 5.41) is 7.59. The van der Waals surface area contributed by atoms with Crippen molar-refractivity contribution in [3.63, 3.8) is 0 Å². The highest BCUT2D eigenvalue weighted by Crippen LogP contribution is 2.26. The summed E-state index contributed by atoms with van der Waals surface area (Å²) in [4.78, 5) is 11.5. The molecule has 0 spiro atoms. The van der Waals surface area contributed by atoms with E-state index in [4.69, 9.17) is 0 Å². The van der Waals surface area contributed by atoms with E-state index in [-0.39, 0.29) is 0 Å². The van der Waals surface area contributed by atoms with Crippen LogP contribution in [0.25, 0.3) is 16.9 Å². The molecule has 4 rings (SSSR count). The van der Waals surface area contributed by atoms with Gasteiger partial charge in [-0.25, -0.2) is 9.97 Å². The molecule has 0 aromatic carbocycles. The monoisotopic (exact) mass is 285 g/mol. The van der Waals surface area contributed by atoms with Gasteiger partial charge < -0.3 is 10.2 Å². The molecule has 4 heterocycles. The summed E-state index contributed by atoms with van der Waals surface area (Å²) in [6.45, 7) is 3.96. The quantitative estimate of drug-likeness (QED) is 0.781. The van der Waals surface area contributed by atoms with Crippen molar-refractivity contribution in [1.29, 1.82) is 0 Å². The Hall–Kier alpha value is -1.92. The van der Waals surface area contributed by atoms with E-state index in [1.807, 2.05) is 18.6 Å². The van der Waals surface area contributed by atoms with Crippen LogP contribution in [0.15, 0.2) is 35.4 Å². The van der Waals surface area contributed by atoms with E-state index in [0.717, 1.165) is 43.3 Å². The van der Waals surface area contributed by atoms with Gasteiger partial charge >= 0.3 is 0 Å². The molecule has 3 aromatic heterocycles. The summed E-state index contributed by atoms with van der Waals surface area (Å²) in [6, 6.07) is 2.12. The molecular weight excluding hydrogens is 270 g/mol. The number of rotatable bonds is 2. The third kappa shape index (κ3) is 1.88. The lowest BCUT2D eigenvalue weighted by Crippen LogP contribution is -2.44. The molecular formula is C14H15N5S. The highest BCUT2D eigenvalue weighted by atomic mass is 32.1. The molecule has 3 aromatic rings. The molecule has 6 heteroatoms. The highest BCUT2D eigenvalue weighted by molar-refractivity contribution is 7.08. The summed E-state index contributed by atoms with van der Waals surface area (Å²) in [5.41, 5.74) is 3.23. The minimum atomic E-state index is 0.940. The van der Waals surface area contributed by atoms with E-state index in [1.54, 1.807) is 11.3 Å². The van der Waals surface area contributed by atoms with Crippen LogP contribution in [0, 0.1) is 0 Å². The summed E-state index contributed by atoms with van der Waals surface area (Å²) in [6.07, 6.45) is 5.81. The van der Waals surface area contributed by atoms with Gasteiger partial charge in [-0.15, -0.1) is 0 Å². The predicted molar refractivity (Wildman–Crippen MR) is 81.4 cm³/mol. The molecule has 0 aliphatic carbocycles. The molecule has 1 fully saturated rings. The average Bonchev–Trinajstić information content (AvgIpc) is 3.18. The first-order valence-corrected chi connectivity index (χ1v) is 7.68. The fourth-order valence-electron chi connectivity index (χ4n) is 2.63. The summed E-state index contributed by atoms with van der Waals surface area (Å²) in [5.74, 6) is 0.982. The highest BCUT2D eigenvalue weighted by Gasteiger charge is 2.17. The zero-order valence-corrected chi connectivity index (χ0v) is 11.8. The van der Waals surface area contributed by atoms with Crippen molar-refractivity contribution in [3.05, 3.63) is 35.4 Å². The van der Waals surface area contributed by atoms with Gasteiger partial charge in [0.15, 0.2) is 11.5 Å². The Kier molecular flexibility index (Phi) is 2.90. The van der Waals surface area contributed by atoms with Crippen LogP contribution in [0.4, 0.5) is 5.82 Å². The van der Waals surface area contributed by atoms with Crippen LogP contribution >= 0.6 is 11.3 Å². The van der Waals surface area contributed by atoms with Gasteiger partial charge in [0.25, 0.3) is 0 Å². The number of piperazine rings is 1. The number of aromatic nitrogens is 3. The third-order valence-corrected chi connectivity index (χ3v) is 4.33. The Morgan fingerprint density at radius 3 is 2.90 bits per heavy atom. The molecule has 1 aliphatic rings. The van der Waals surface area contributed by atoms with Crippen molar-refractivity contribution in [2.24, 2.45) is 0 Å². The molecule has 1 saturated heterocycles. The molecule has 0 unspecified atom stereocenters. The van der Waals surface area contributed by atoms with E-state index in [0.29, 0.717) is 0 Å². The molecule has 5 nitrogen and oxygen atoms in total. The number of nitrogens with one attached hydrogen (secondary N) is 1. The Bertz CT molecular complexity index is 712. The molecule has 0 bridgehead atoms. The van der Waals surface area contributed by atoms with Gasteiger partial charge in [-0.2, -0.15) is 11.3 Å². The maximum Gasteiger partial charge on any atom is 0.180 e. The number of hydrogen-bond donors (Lipinski definition) is 1. The molecule has 20 heavy (non-hydrogen) atoms. The largest absolute Gasteiger partial charge is 0.351 e. The summed E-state index contributed by atoms with van der Waals surface area (Å²) >= 11 is 1.70. The molecule has 1 N–H and O–H groups in total. The van der Waals surface area contributed by atoms with E-state index in [2.05, 4.69) is 41.4 Å². The number of thiophene rings is 1. The Labute approximate surface area is 120 Å². The van der Waals surface area contributed by atoms with Crippen LogP contribution < -0.4 is 10.2 Å². The standard InChI is InChI=1S/C14H15N5S/c1-8-20-10-11(1)12-9-17-13(14-16-4-7-19(12)14)18-5-2-15-3-6-18/h1,4,7-10,15H,2-3,5-6H2. The fraction of sp³-hybridized carbons (Fsp3) is 0.286. The van der Waals surface area contributed by atoms with Crippen LogP contribution in [-0.2, 0) is 0 Å². The van der Waals surface area contributed by atoms with Crippen LogP contribution in [-0.4, -0.2) is 40.5 Å². The van der Waals surface area contributed by atoms with Crippen molar-refractivity contribution >= 4 is 22.8 Å². The van der Waals surface area contributed by atoms with E-state index < -0.39 is 0 Å². The number of imidazole rings is 1. The van der Waals surface area contributed by atoms with Crippen molar-refractivity contribution in [2.75, 3.05) is 31.1 Å². The Morgan fingerprint density at radius 2 is 2.10 bits per heavy atom. The summed E-state index contributed by atoms with van der Waals surface area (Å²) in [7, 11) is 0. The van der Waals surface area contributed by atoms with Gasteiger partial charge in [-0.05, 0) is 11.4 Å². The molecule has 102 valence electrons. The first-order chi connectivity index (χ1) is 9.93. The van der Waals surface area contributed by atoms with Gasteiger partial charge in [0.05, 0.1) is 11.9 Å². The maximum absolute atomic E-state index is 4.68. The third-order valence-electron chi connectivity index (χ3n) is 3.64. The lowest BCUT2D eigenvalue weighted by Gasteiger charge is -2.28. The number of nitrogens with zero attached hydrogens (tertiary/aromatic N) is 4. The van der Waals surface area contributed by atoms with Crippen molar-refractivity contribution in [3.8, 4) is 11.3 Å². The minimum absolute atomic E-state index is 0.940. The van der Waals surface area contributed by atoms with Crippen LogP contribution in [0.1, 0.15) is 0 Å². The minimum Gasteiger partial charge on any atom is -0.351 e. The summed E-state index contributed by atoms with van der Waals surface area (Å²) < 4.78 is 2.13. The number of anilines is 1.